The average molecular weight is 299 g/mol. The van der Waals surface area contributed by atoms with Gasteiger partial charge in [-0.15, -0.1) is 10.2 Å². The molecule has 0 saturated carbocycles. The van der Waals surface area contributed by atoms with Crippen molar-refractivity contribution in [2.24, 2.45) is 0 Å². The first-order chi connectivity index (χ1) is 10.7. The highest BCUT2D eigenvalue weighted by molar-refractivity contribution is 5.75. The maximum atomic E-state index is 12.3. The zero-order valence-electron chi connectivity index (χ0n) is 12.9. The van der Waals surface area contributed by atoms with Crippen LogP contribution >= 0.6 is 0 Å². The van der Waals surface area contributed by atoms with Crippen molar-refractivity contribution in [3.05, 3.63) is 29.8 Å². The van der Waals surface area contributed by atoms with Crippen LogP contribution in [0.4, 0.5) is 0 Å². The number of aromatic nitrogens is 4. The Morgan fingerprint density at radius 1 is 1.09 bits per heavy atom. The quantitative estimate of drug-likeness (QED) is 0.870. The highest BCUT2D eigenvalue weighted by Gasteiger charge is 2.17. The van der Waals surface area contributed by atoms with Gasteiger partial charge in [0.25, 0.3) is 0 Å². The highest BCUT2D eigenvalue weighted by Crippen LogP contribution is 2.14. The number of aryl methyl sites for hydroxylation is 1. The lowest BCUT2D eigenvalue weighted by atomic mass is 10.1. The number of carbonyl (C=O) groups excluding carboxylic acids is 1. The van der Waals surface area contributed by atoms with Crippen molar-refractivity contribution in [2.45, 2.75) is 39.2 Å². The lowest BCUT2D eigenvalue weighted by molar-refractivity contribution is -0.132. The smallest absolute Gasteiger partial charge is 0.246 e. The molecule has 3 rings (SSSR count). The van der Waals surface area contributed by atoms with Gasteiger partial charge in [0.15, 0.2) is 0 Å². The number of hydrogen-bond donors (Lipinski definition) is 0. The van der Waals surface area contributed by atoms with E-state index in [1.54, 1.807) is 0 Å². The summed E-state index contributed by atoms with van der Waals surface area (Å²) in [5.74, 6) is 0.637. The number of nitrogens with zero attached hydrogens (tertiary/aromatic N) is 5. The molecule has 116 valence electrons. The van der Waals surface area contributed by atoms with Gasteiger partial charge >= 0.3 is 0 Å². The summed E-state index contributed by atoms with van der Waals surface area (Å²) in [4.78, 5) is 15.6. The van der Waals surface area contributed by atoms with Gasteiger partial charge in [-0.25, -0.2) is 0 Å². The predicted octanol–water partition coefficient (Wildman–Crippen LogP) is 2.05. The molecule has 6 heteroatoms. The van der Waals surface area contributed by atoms with Gasteiger partial charge < -0.3 is 4.90 Å². The molecule has 0 N–H and O–H groups in total. The molecule has 1 aliphatic rings. The summed E-state index contributed by atoms with van der Waals surface area (Å²) in [6.45, 7) is 3.89. The fourth-order valence-electron chi connectivity index (χ4n) is 2.67. The number of amides is 1. The van der Waals surface area contributed by atoms with Crippen LogP contribution in [0.3, 0.4) is 0 Å². The van der Waals surface area contributed by atoms with Gasteiger partial charge in [-0.3, -0.25) is 4.79 Å². The summed E-state index contributed by atoms with van der Waals surface area (Å²) in [5, 5.41) is 12.4. The predicted molar refractivity (Wildman–Crippen MR) is 83.0 cm³/mol. The van der Waals surface area contributed by atoms with E-state index in [1.807, 2.05) is 36.1 Å². The third-order valence-corrected chi connectivity index (χ3v) is 4.00. The van der Waals surface area contributed by atoms with Crippen LogP contribution in [-0.2, 0) is 11.3 Å². The van der Waals surface area contributed by atoms with E-state index in [4.69, 9.17) is 0 Å². The zero-order chi connectivity index (χ0) is 15.4. The number of carbonyl (C=O) groups is 1. The molecule has 0 bridgehead atoms. The van der Waals surface area contributed by atoms with Gasteiger partial charge in [0.1, 0.15) is 6.54 Å². The van der Waals surface area contributed by atoms with Gasteiger partial charge in [0.2, 0.25) is 11.7 Å². The Labute approximate surface area is 130 Å². The molecule has 0 atom stereocenters. The van der Waals surface area contributed by atoms with Gasteiger partial charge in [-0.05, 0) is 25.0 Å². The fourth-order valence-corrected chi connectivity index (χ4v) is 2.67. The minimum Gasteiger partial charge on any atom is -0.341 e. The molecule has 1 saturated heterocycles. The van der Waals surface area contributed by atoms with E-state index in [1.165, 1.54) is 23.2 Å². The van der Waals surface area contributed by atoms with Crippen LogP contribution in [0.2, 0.25) is 0 Å². The lowest BCUT2D eigenvalue weighted by Gasteiger charge is -2.19. The van der Waals surface area contributed by atoms with Crippen molar-refractivity contribution in [3.8, 4) is 11.4 Å². The van der Waals surface area contributed by atoms with Crippen LogP contribution in [0.25, 0.3) is 11.4 Å². The third kappa shape index (κ3) is 3.50. The number of likely N-dealkylation sites (tertiary alicyclic amines) is 1. The second-order valence-corrected chi connectivity index (χ2v) is 5.80. The molecule has 1 fully saturated rings. The molecular formula is C16H21N5O. The maximum absolute atomic E-state index is 12.3. The number of tetrazole rings is 1. The molecule has 2 heterocycles. The van der Waals surface area contributed by atoms with Crippen molar-refractivity contribution in [1.82, 2.24) is 25.1 Å². The second-order valence-electron chi connectivity index (χ2n) is 5.80. The standard InChI is InChI=1S/C16H21N5O/c1-13-6-8-14(9-7-13)16-17-19-21(18-16)12-15(22)20-10-4-2-3-5-11-20/h6-9H,2-5,10-12H2,1H3. The van der Waals surface area contributed by atoms with Crippen molar-refractivity contribution < 1.29 is 4.79 Å². The van der Waals surface area contributed by atoms with E-state index in [-0.39, 0.29) is 12.5 Å². The highest BCUT2D eigenvalue weighted by atomic mass is 16.2. The van der Waals surface area contributed by atoms with E-state index in [2.05, 4.69) is 15.4 Å². The maximum Gasteiger partial charge on any atom is 0.246 e. The summed E-state index contributed by atoms with van der Waals surface area (Å²) in [7, 11) is 0. The Balaban J connectivity index is 1.66. The molecular weight excluding hydrogens is 278 g/mol. The van der Waals surface area contributed by atoms with Crippen molar-refractivity contribution in [1.29, 1.82) is 0 Å². The Bertz CT molecular complexity index is 626. The van der Waals surface area contributed by atoms with Crippen molar-refractivity contribution in [3.63, 3.8) is 0 Å². The Kier molecular flexibility index (Phi) is 4.46. The summed E-state index contributed by atoms with van der Waals surface area (Å²) < 4.78 is 0. The normalized spacial score (nSPS) is 15.6. The van der Waals surface area contributed by atoms with E-state index < -0.39 is 0 Å². The van der Waals surface area contributed by atoms with Crippen LogP contribution in [0, 0.1) is 6.92 Å². The van der Waals surface area contributed by atoms with E-state index >= 15 is 0 Å². The Hall–Kier alpha value is -2.24. The Morgan fingerprint density at radius 2 is 1.77 bits per heavy atom. The summed E-state index contributed by atoms with van der Waals surface area (Å²) in [6.07, 6.45) is 4.60. The van der Waals surface area contributed by atoms with Crippen LogP contribution in [0.15, 0.2) is 24.3 Å². The first-order valence-electron chi connectivity index (χ1n) is 7.85. The molecule has 6 nitrogen and oxygen atoms in total. The third-order valence-electron chi connectivity index (χ3n) is 4.00. The SMILES string of the molecule is Cc1ccc(-c2nnn(CC(=O)N3CCCCCC3)n2)cc1. The van der Waals surface area contributed by atoms with Crippen LogP contribution in [0.5, 0.6) is 0 Å². The minimum atomic E-state index is 0.0785. The molecule has 0 spiro atoms. The van der Waals surface area contributed by atoms with Gasteiger partial charge in [-0.2, -0.15) is 4.80 Å². The monoisotopic (exact) mass is 299 g/mol. The van der Waals surface area contributed by atoms with Crippen LogP contribution in [0.1, 0.15) is 31.2 Å². The molecule has 0 unspecified atom stereocenters. The average Bonchev–Trinajstić information content (AvgIpc) is 2.81. The number of benzene rings is 1. The fraction of sp³-hybridized carbons (Fsp3) is 0.500. The molecule has 22 heavy (non-hydrogen) atoms. The largest absolute Gasteiger partial charge is 0.341 e. The van der Waals surface area contributed by atoms with Crippen LogP contribution in [-0.4, -0.2) is 44.1 Å². The van der Waals surface area contributed by atoms with E-state index in [0.717, 1.165) is 31.5 Å². The van der Waals surface area contributed by atoms with Crippen LogP contribution < -0.4 is 0 Å². The number of rotatable bonds is 3. The van der Waals surface area contributed by atoms with Crippen molar-refractivity contribution >= 4 is 5.91 Å². The van der Waals surface area contributed by atoms with Crippen molar-refractivity contribution in [2.75, 3.05) is 13.1 Å². The van der Waals surface area contributed by atoms with E-state index in [9.17, 15) is 4.79 Å². The Morgan fingerprint density at radius 3 is 2.45 bits per heavy atom. The first-order valence-corrected chi connectivity index (χ1v) is 7.85. The molecule has 1 amide bonds. The topological polar surface area (TPSA) is 63.9 Å². The zero-order valence-corrected chi connectivity index (χ0v) is 12.9. The van der Waals surface area contributed by atoms with Gasteiger partial charge in [0.05, 0.1) is 0 Å². The second kappa shape index (κ2) is 6.68. The molecule has 0 radical (unpaired) electrons. The summed E-state index contributed by atoms with van der Waals surface area (Å²) in [6, 6.07) is 7.96. The van der Waals surface area contributed by atoms with Gasteiger partial charge in [0, 0.05) is 18.7 Å². The minimum absolute atomic E-state index is 0.0785. The number of hydrogen-bond acceptors (Lipinski definition) is 4. The van der Waals surface area contributed by atoms with Gasteiger partial charge in [-0.1, -0.05) is 42.7 Å². The summed E-state index contributed by atoms with van der Waals surface area (Å²) >= 11 is 0. The van der Waals surface area contributed by atoms with E-state index in [0.29, 0.717) is 5.82 Å². The molecule has 0 aliphatic carbocycles. The summed E-state index contributed by atoms with van der Waals surface area (Å²) in [5.41, 5.74) is 2.10. The molecule has 1 aromatic carbocycles. The first kappa shape index (κ1) is 14.7. The molecule has 1 aromatic heterocycles. The molecule has 1 aliphatic heterocycles. The lowest BCUT2D eigenvalue weighted by Crippen LogP contribution is -2.35. The molecule has 2 aromatic rings.